The number of amides is 2. The second-order valence-corrected chi connectivity index (χ2v) is 5.14. The number of alkyl carbamates (subject to hydrolysis) is 1. The second-order valence-electron chi connectivity index (χ2n) is 5.14. The summed E-state index contributed by atoms with van der Waals surface area (Å²) >= 11 is 0. The molecule has 1 N–H and O–H groups in total. The molecule has 0 spiro atoms. The molecule has 0 aliphatic rings. The molecule has 1 aromatic carbocycles. The molecule has 27 heavy (non-hydrogen) atoms. The Morgan fingerprint density at radius 3 is 2.56 bits per heavy atom. The van der Waals surface area contributed by atoms with Crippen LogP contribution in [0.1, 0.15) is 19.2 Å². The number of carbonyl (C=O) groups excluding carboxylic acids is 3. The Balaban J connectivity index is 1.82. The Hall–Kier alpha value is -3.30. The fourth-order valence-electron chi connectivity index (χ4n) is 2.02. The van der Waals surface area contributed by atoms with Crippen LogP contribution in [0.3, 0.4) is 0 Å². The summed E-state index contributed by atoms with van der Waals surface area (Å²) in [5.41, 5.74) is -0.352. The molecule has 0 unspecified atom stereocenters. The van der Waals surface area contributed by atoms with Crippen LogP contribution in [0.4, 0.5) is 13.6 Å². The molecular formula is C17H16F2N2O6. The Kier molecular flexibility index (Phi) is 6.98. The first kappa shape index (κ1) is 20.0. The third-order valence-corrected chi connectivity index (χ3v) is 3.19. The summed E-state index contributed by atoms with van der Waals surface area (Å²) < 4.78 is 41.8. The highest BCUT2D eigenvalue weighted by molar-refractivity contribution is 5.93. The molecule has 0 atom stereocenters. The van der Waals surface area contributed by atoms with Gasteiger partial charge in [0.25, 0.3) is 5.91 Å². The Labute approximate surface area is 152 Å². The van der Waals surface area contributed by atoms with E-state index in [1.54, 1.807) is 6.92 Å². The summed E-state index contributed by atoms with van der Waals surface area (Å²) in [5, 5.41) is 1.86. The van der Waals surface area contributed by atoms with Crippen molar-refractivity contribution >= 4 is 18.0 Å². The van der Waals surface area contributed by atoms with Crippen LogP contribution >= 0.6 is 0 Å². The minimum Gasteiger partial charge on any atom is -0.456 e. The first-order valence-corrected chi connectivity index (χ1v) is 7.92. The summed E-state index contributed by atoms with van der Waals surface area (Å²) in [4.78, 5) is 37.8. The number of hydrogen-bond donors (Lipinski definition) is 1. The van der Waals surface area contributed by atoms with E-state index in [-0.39, 0.29) is 36.7 Å². The SMILES string of the molecule is CCOC(=O)NC(=O)COC(=O)CCc1ncc(-c2c(F)cccc2F)o1. The van der Waals surface area contributed by atoms with Crippen LogP contribution in [-0.4, -0.2) is 36.2 Å². The van der Waals surface area contributed by atoms with Crippen LogP contribution < -0.4 is 5.32 Å². The molecule has 1 aromatic heterocycles. The van der Waals surface area contributed by atoms with Crippen molar-refractivity contribution in [3.05, 3.63) is 41.9 Å². The van der Waals surface area contributed by atoms with E-state index in [0.29, 0.717) is 0 Å². The van der Waals surface area contributed by atoms with E-state index in [1.165, 1.54) is 6.07 Å². The number of hydrogen-bond acceptors (Lipinski definition) is 7. The van der Waals surface area contributed by atoms with Crippen molar-refractivity contribution in [2.24, 2.45) is 0 Å². The molecule has 2 aromatic rings. The molecule has 0 aliphatic heterocycles. The van der Waals surface area contributed by atoms with Gasteiger partial charge in [0.15, 0.2) is 18.3 Å². The quantitative estimate of drug-likeness (QED) is 0.733. The van der Waals surface area contributed by atoms with Crippen molar-refractivity contribution < 1.29 is 37.1 Å². The van der Waals surface area contributed by atoms with Crippen molar-refractivity contribution in [2.75, 3.05) is 13.2 Å². The van der Waals surface area contributed by atoms with Crippen LogP contribution in [0.2, 0.25) is 0 Å². The van der Waals surface area contributed by atoms with Gasteiger partial charge in [-0.25, -0.2) is 18.6 Å². The van der Waals surface area contributed by atoms with E-state index >= 15 is 0 Å². The average Bonchev–Trinajstić information content (AvgIpc) is 3.06. The maximum Gasteiger partial charge on any atom is 0.413 e. The van der Waals surface area contributed by atoms with Crippen LogP contribution in [0.25, 0.3) is 11.3 Å². The van der Waals surface area contributed by atoms with Gasteiger partial charge in [0.05, 0.1) is 24.8 Å². The summed E-state index contributed by atoms with van der Waals surface area (Å²) in [6.45, 7) is 1.00. The second kappa shape index (κ2) is 9.41. The summed E-state index contributed by atoms with van der Waals surface area (Å²) in [6, 6.07) is 3.39. The highest BCUT2D eigenvalue weighted by atomic mass is 19.1. The lowest BCUT2D eigenvalue weighted by molar-refractivity contribution is -0.148. The van der Waals surface area contributed by atoms with E-state index < -0.39 is 36.2 Å². The monoisotopic (exact) mass is 382 g/mol. The molecule has 0 saturated carbocycles. The van der Waals surface area contributed by atoms with E-state index in [4.69, 9.17) is 4.42 Å². The lowest BCUT2D eigenvalue weighted by atomic mass is 10.1. The van der Waals surface area contributed by atoms with Gasteiger partial charge in [0.2, 0.25) is 0 Å². The number of ether oxygens (including phenoxy) is 2. The molecular weight excluding hydrogens is 366 g/mol. The zero-order valence-electron chi connectivity index (χ0n) is 14.3. The predicted octanol–water partition coefficient (Wildman–Crippen LogP) is 2.37. The largest absolute Gasteiger partial charge is 0.456 e. The van der Waals surface area contributed by atoms with Gasteiger partial charge >= 0.3 is 12.1 Å². The van der Waals surface area contributed by atoms with Gasteiger partial charge in [-0.05, 0) is 19.1 Å². The number of aromatic nitrogens is 1. The van der Waals surface area contributed by atoms with Gasteiger partial charge in [-0.1, -0.05) is 6.07 Å². The maximum atomic E-state index is 13.7. The highest BCUT2D eigenvalue weighted by Gasteiger charge is 2.17. The molecule has 2 amide bonds. The number of aryl methyl sites for hydroxylation is 1. The molecule has 8 nitrogen and oxygen atoms in total. The Morgan fingerprint density at radius 1 is 1.19 bits per heavy atom. The van der Waals surface area contributed by atoms with Crippen LogP contribution in [0.5, 0.6) is 0 Å². The first-order valence-electron chi connectivity index (χ1n) is 7.92. The topological polar surface area (TPSA) is 108 Å². The van der Waals surface area contributed by atoms with Crippen molar-refractivity contribution in [2.45, 2.75) is 19.8 Å². The Bertz CT molecular complexity index is 816. The highest BCUT2D eigenvalue weighted by Crippen LogP contribution is 2.26. The third-order valence-electron chi connectivity index (χ3n) is 3.19. The van der Waals surface area contributed by atoms with Gasteiger partial charge < -0.3 is 13.9 Å². The summed E-state index contributed by atoms with van der Waals surface area (Å²) in [5.74, 6) is -3.22. The molecule has 0 radical (unpaired) electrons. The summed E-state index contributed by atoms with van der Waals surface area (Å²) in [6.07, 6.45) is 0.0154. The van der Waals surface area contributed by atoms with Crippen molar-refractivity contribution in [1.29, 1.82) is 0 Å². The molecule has 0 fully saturated rings. The molecule has 10 heteroatoms. The van der Waals surface area contributed by atoms with E-state index in [0.717, 1.165) is 18.3 Å². The normalized spacial score (nSPS) is 10.3. The third kappa shape index (κ3) is 5.87. The smallest absolute Gasteiger partial charge is 0.413 e. The number of nitrogens with zero attached hydrogens (tertiary/aromatic N) is 1. The zero-order valence-corrected chi connectivity index (χ0v) is 14.3. The van der Waals surface area contributed by atoms with Gasteiger partial charge in [0, 0.05) is 6.42 Å². The maximum absolute atomic E-state index is 13.7. The molecule has 0 bridgehead atoms. The predicted molar refractivity (Wildman–Crippen MR) is 86.3 cm³/mol. The molecule has 0 saturated heterocycles. The van der Waals surface area contributed by atoms with Crippen LogP contribution in [0.15, 0.2) is 28.8 Å². The number of imide groups is 1. The molecule has 144 valence electrons. The number of carbonyl (C=O) groups is 3. The lowest BCUT2D eigenvalue weighted by Crippen LogP contribution is -2.34. The lowest BCUT2D eigenvalue weighted by Gasteiger charge is -2.05. The minimum absolute atomic E-state index is 0.00556. The van der Waals surface area contributed by atoms with Crippen LogP contribution in [0, 0.1) is 11.6 Å². The molecule has 1 heterocycles. The van der Waals surface area contributed by atoms with Gasteiger partial charge in [0.1, 0.15) is 11.6 Å². The van der Waals surface area contributed by atoms with Crippen LogP contribution in [-0.2, 0) is 25.5 Å². The minimum atomic E-state index is -0.939. The van der Waals surface area contributed by atoms with Crippen molar-refractivity contribution in [3.8, 4) is 11.3 Å². The number of nitrogens with one attached hydrogen (secondary N) is 1. The van der Waals surface area contributed by atoms with E-state index in [9.17, 15) is 23.2 Å². The fraction of sp³-hybridized carbons (Fsp3) is 0.294. The zero-order chi connectivity index (χ0) is 19.8. The first-order chi connectivity index (χ1) is 12.9. The summed E-state index contributed by atoms with van der Waals surface area (Å²) in [7, 11) is 0. The van der Waals surface area contributed by atoms with Crippen molar-refractivity contribution in [1.82, 2.24) is 10.3 Å². The van der Waals surface area contributed by atoms with E-state index in [1.807, 2.05) is 5.32 Å². The standard InChI is InChI=1S/C17H16F2N2O6/c1-2-25-17(24)21-13(22)9-26-15(23)7-6-14-20-8-12(27-14)16-10(18)4-3-5-11(16)19/h3-5,8H,2,6-7,9H2,1H3,(H,21,22,24). The number of esters is 1. The van der Waals surface area contributed by atoms with Crippen molar-refractivity contribution in [3.63, 3.8) is 0 Å². The van der Waals surface area contributed by atoms with Gasteiger partial charge in [-0.3, -0.25) is 14.9 Å². The Morgan fingerprint density at radius 2 is 1.89 bits per heavy atom. The average molecular weight is 382 g/mol. The molecule has 2 rings (SSSR count). The fourth-order valence-corrected chi connectivity index (χ4v) is 2.02. The number of oxazole rings is 1. The van der Waals surface area contributed by atoms with Gasteiger partial charge in [-0.15, -0.1) is 0 Å². The number of benzene rings is 1. The van der Waals surface area contributed by atoms with E-state index in [2.05, 4.69) is 14.5 Å². The number of halogens is 2. The van der Waals surface area contributed by atoms with Gasteiger partial charge in [-0.2, -0.15) is 0 Å². The molecule has 0 aliphatic carbocycles. The number of rotatable bonds is 7.